The van der Waals surface area contributed by atoms with Gasteiger partial charge in [-0.3, -0.25) is 15.2 Å². The first-order chi connectivity index (χ1) is 14.3. The van der Waals surface area contributed by atoms with E-state index in [4.69, 9.17) is 4.74 Å². The molecule has 4 aromatic heterocycles. The number of pyridine rings is 1. The molecule has 0 saturated heterocycles. The molecule has 8 nitrogen and oxygen atoms in total. The number of carbonyl (C=O) groups is 1. The van der Waals surface area contributed by atoms with Gasteiger partial charge in [0.15, 0.2) is 5.65 Å². The minimum absolute atomic E-state index is 0.00781. The van der Waals surface area contributed by atoms with Crippen LogP contribution in [-0.2, 0) is 22.6 Å². The van der Waals surface area contributed by atoms with Gasteiger partial charge in [0.1, 0.15) is 0 Å². The van der Waals surface area contributed by atoms with Gasteiger partial charge >= 0.3 is 0 Å². The highest BCUT2D eigenvalue weighted by atomic mass is 32.1. The molecule has 4 heterocycles. The largest absolute Gasteiger partial charge is 0.376 e. The van der Waals surface area contributed by atoms with Gasteiger partial charge in [0.2, 0.25) is 11.9 Å². The number of amides is 1. The van der Waals surface area contributed by atoms with Crippen LogP contribution in [0.15, 0.2) is 42.7 Å². The number of hydrogen-bond donors (Lipinski definition) is 2. The third-order valence-corrected chi connectivity index (χ3v) is 5.87. The zero-order valence-corrected chi connectivity index (χ0v) is 16.5. The quantitative estimate of drug-likeness (QED) is 0.436. The molecule has 1 fully saturated rings. The fraction of sp³-hybridized carbons (Fsp3) is 0.300. The Bertz CT molecular complexity index is 1130. The Hall–Kier alpha value is -3.04. The van der Waals surface area contributed by atoms with Crippen LogP contribution in [0.3, 0.4) is 0 Å². The lowest BCUT2D eigenvalue weighted by atomic mass is 10.3. The fourth-order valence-electron chi connectivity index (χ4n) is 3.07. The molecule has 0 bridgehead atoms. The highest BCUT2D eigenvalue weighted by Crippen LogP contribution is 2.31. The zero-order chi connectivity index (χ0) is 19.6. The van der Waals surface area contributed by atoms with E-state index in [1.54, 1.807) is 15.9 Å². The van der Waals surface area contributed by atoms with Crippen molar-refractivity contribution in [2.75, 3.05) is 11.9 Å². The van der Waals surface area contributed by atoms with Crippen molar-refractivity contribution in [3.05, 3.63) is 53.2 Å². The number of hydrogen-bond acceptors (Lipinski definition) is 6. The van der Waals surface area contributed by atoms with E-state index in [9.17, 15) is 4.79 Å². The summed E-state index contributed by atoms with van der Waals surface area (Å²) >= 11 is 1.67. The molecule has 1 aliphatic carbocycles. The van der Waals surface area contributed by atoms with Crippen molar-refractivity contribution in [3.63, 3.8) is 0 Å². The fourth-order valence-corrected chi connectivity index (χ4v) is 4.03. The normalized spacial score (nSPS) is 13.8. The first-order valence-electron chi connectivity index (χ1n) is 9.57. The summed E-state index contributed by atoms with van der Waals surface area (Å²) in [4.78, 5) is 18.6. The monoisotopic (exact) mass is 408 g/mol. The molecule has 0 aliphatic heterocycles. The molecular formula is C20H20N6O2S. The summed E-state index contributed by atoms with van der Waals surface area (Å²) in [7, 11) is 0. The van der Waals surface area contributed by atoms with Gasteiger partial charge in [0, 0.05) is 17.0 Å². The molecule has 4 aromatic rings. The van der Waals surface area contributed by atoms with Crippen LogP contribution in [0.5, 0.6) is 0 Å². The molecule has 1 saturated carbocycles. The third kappa shape index (κ3) is 4.06. The Balaban J connectivity index is 1.27. The molecule has 148 valence electrons. The standard InChI is InChI=1S/C20H20N6O2S/c27-19(14-4-5-14)24-20-23-18-3-1-2-16(26(18)25-20)17-7-6-15(29-17)12-28-9-8-13-10-21-22-11-13/h1-3,6-7,10-11,14H,4-5,8-9,12H2,(H,21,22)(H,24,25,27). The molecule has 0 atom stereocenters. The van der Waals surface area contributed by atoms with Crippen LogP contribution < -0.4 is 5.32 Å². The summed E-state index contributed by atoms with van der Waals surface area (Å²) in [5, 5.41) is 14.1. The maximum Gasteiger partial charge on any atom is 0.249 e. The summed E-state index contributed by atoms with van der Waals surface area (Å²) < 4.78 is 7.57. The average Bonchev–Trinajstić information content (AvgIpc) is 3.10. The Morgan fingerprint density at radius 2 is 2.24 bits per heavy atom. The van der Waals surface area contributed by atoms with Crippen molar-refractivity contribution in [1.29, 1.82) is 0 Å². The highest BCUT2D eigenvalue weighted by Gasteiger charge is 2.30. The van der Waals surface area contributed by atoms with Gasteiger partial charge in [0.05, 0.1) is 30.0 Å². The van der Waals surface area contributed by atoms with Crippen molar-refractivity contribution in [2.45, 2.75) is 25.9 Å². The Labute approximate surface area is 170 Å². The van der Waals surface area contributed by atoms with E-state index in [1.165, 1.54) is 0 Å². The maximum absolute atomic E-state index is 12.0. The van der Waals surface area contributed by atoms with E-state index in [-0.39, 0.29) is 11.8 Å². The number of ether oxygens (including phenoxy) is 1. The van der Waals surface area contributed by atoms with Crippen molar-refractivity contribution in [2.24, 2.45) is 5.92 Å². The topological polar surface area (TPSA) is 97.2 Å². The molecule has 5 rings (SSSR count). The van der Waals surface area contributed by atoms with Gasteiger partial charge in [-0.25, -0.2) is 4.52 Å². The van der Waals surface area contributed by atoms with Crippen LogP contribution in [-0.4, -0.2) is 37.3 Å². The molecular weight excluding hydrogens is 388 g/mol. The van der Waals surface area contributed by atoms with Crippen LogP contribution in [0.4, 0.5) is 5.95 Å². The molecule has 0 radical (unpaired) electrons. The van der Waals surface area contributed by atoms with Gasteiger partial charge in [-0.05, 0) is 49.1 Å². The van der Waals surface area contributed by atoms with Crippen LogP contribution in [0.1, 0.15) is 23.3 Å². The predicted molar refractivity (Wildman–Crippen MR) is 110 cm³/mol. The maximum atomic E-state index is 12.0. The van der Waals surface area contributed by atoms with E-state index in [1.807, 2.05) is 30.6 Å². The van der Waals surface area contributed by atoms with Gasteiger partial charge < -0.3 is 4.74 Å². The molecule has 0 aromatic carbocycles. The minimum Gasteiger partial charge on any atom is -0.376 e. The van der Waals surface area contributed by atoms with E-state index in [2.05, 4.69) is 37.7 Å². The lowest BCUT2D eigenvalue weighted by Gasteiger charge is -2.02. The highest BCUT2D eigenvalue weighted by molar-refractivity contribution is 7.15. The SMILES string of the molecule is O=C(Nc1nc2cccc(-c3ccc(COCCc4cn[nH]c4)s3)n2n1)C1CC1. The minimum atomic E-state index is 0.00781. The molecule has 0 spiro atoms. The number of fused-ring (bicyclic) bond motifs is 1. The number of thiophene rings is 1. The van der Waals surface area contributed by atoms with Gasteiger partial charge in [-0.1, -0.05) is 6.07 Å². The number of aromatic amines is 1. The smallest absolute Gasteiger partial charge is 0.249 e. The van der Waals surface area contributed by atoms with E-state index in [0.717, 1.165) is 40.3 Å². The number of anilines is 1. The second kappa shape index (κ2) is 7.76. The van der Waals surface area contributed by atoms with E-state index in [0.29, 0.717) is 24.8 Å². The van der Waals surface area contributed by atoms with Crippen LogP contribution in [0, 0.1) is 5.92 Å². The summed E-state index contributed by atoms with van der Waals surface area (Å²) in [6.07, 6.45) is 6.43. The molecule has 0 unspecified atom stereocenters. The number of rotatable bonds is 8. The van der Waals surface area contributed by atoms with Gasteiger partial charge in [-0.15, -0.1) is 16.4 Å². The summed E-state index contributed by atoms with van der Waals surface area (Å²) in [5.41, 5.74) is 2.79. The summed E-state index contributed by atoms with van der Waals surface area (Å²) in [5.74, 6) is 0.483. The molecule has 29 heavy (non-hydrogen) atoms. The molecule has 9 heteroatoms. The lowest BCUT2D eigenvalue weighted by Crippen LogP contribution is -2.14. The van der Waals surface area contributed by atoms with Gasteiger partial charge in [0.25, 0.3) is 0 Å². The third-order valence-electron chi connectivity index (χ3n) is 4.79. The number of aromatic nitrogens is 5. The summed E-state index contributed by atoms with van der Waals surface area (Å²) in [6, 6.07) is 9.98. The first kappa shape index (κ1) is 18.0. The summed E-state index contributed by atoms with van der Waals surface area (Å²) in [6.45, 7) is 1.22. The molecule has 1 aliphatic rings. The lowest BCUT2D eigenvalue weighted by molar-refractivity contribution is -0.117. The number of carbonyl (C=O) groups excluding carboxylic acids is 1. The van der Waals surface area contributed by atoms with Gasteiger partial charge in [-0.2, -0.15) is 10.1 Å². The Morgan fingerprint density at radius 1 is 1.31 bits per heavy atom. The second-order valence-corrected chi connectivity index (χ2v) is 8.22. The molecule has 1 amide bonds. The van der Waals surface area contributed by atoms with Crippen LogP contribution in [0.25, 0.3) is 16.2 Å². The van der Waals surface area contributed by atoms with Crippen LogP contribution >= 0.6 is 11.3 Å². The van der Waals surface area contributed by atoms with Crippen molar-refractivity contribution in [3.8, 4) is 10.6 Å². The number of nitrogens with one attached hydrogen (secondary N) is 2. The van der Waals surface area contributed by atoms with E-state index >= 15 is 0 Å². The second-order valence-electron chi connectivity index (χ2n) is 7.06. The molecule has 2 N–H and O–H groups in total. The van der Waals surface area contributed by atoms with Crippen molar-refractivity contribution < 1.29 is 9.53 Å². The average molecular weight is 408 g/mol. The van der Waals surface area contributed by atoms with Crippen LogP contribution in [0.2, 0.25) is 0 Å². The van der Waals surface area contributed by atoms with Crippen molar-refractivity contribution in [1.82, 2.24) is 24.8 Å². The van der Waals surface area contributed by atoms with E-state index < -0.39 is 0 Å². The first-order valence-corrected chi connectivity index (χ1v) is 10.4. The predicted octanol–water partition coefficient (Wildman–Crippen LogP) is 3.29. The Morgan fingerprint density at radius 3 is 3.07 bits per heavy atom. The number of H-pyrrole nitrogens is 1. The zero-order valence-electron chi connectivity index (χ0n) is 15.7. The number of nitrogens with zero attached hydrogens (tertiary/aromatic N) is 4. The van der Waals surface area contributed by atoms with Crippen molar-refractivity contribution >= 4 is 28.8 Å². The Kier molecular flexibility index (Phi) is 4.82.